The maximum absolute atomic E-state index is 12.5. The SMILES string of the molecule is Cc1cc(NC(=O)COC2C(COP(=O)(O)OP(=O)(O)OP(=O)(O)O)OC(n3cnc4c(=S)nc(N)[nH]c43)C2OI)n[nH]1. The highest BCUT2D eigenvalue weighted by Crippen LogP contribution is 2.66. The summed E-state index contributed by atoms with van der Waals surface area (Å²) in [5.74, 6) is -0.486. The number of imidazole rings is 1. The molecule has 0 saturated carbocycles. The summed E-state index contributed by atoms with van der Waals surface area (Å²) in [6.07, 6.45) is -3.50. The van der Waals surface area contributed by atoms with Crippen molar-refractivity contribution in [3.63, 3.8) is 0 Å². The number of halogens is 1. The summed E-state index contributed by atoms with van der Waals surface area (Å²) in [5, 5.41) is 9.03. The maximum atomic E-state index is 12.5. The molecular weight excluding hydrogens is 780 g/mol. The third-order valence-electron chi connectivity index (χ3n) is 5.33. The zero-order valence-corrected chi connectivity index (χ0v) is 26.9. The predicted octanol–water partition coefficient (Wildman–Crippen LogP) is 1.10. The van der Waals surface area contributed by atoms with Crippen LogP contribution in [0.15, 0.2) is 12.4 Å². The number of aromatic nitrogens is 6. The molecule has 0 radical (unpaired) electrons. The first-order chi connectivity index (χ1) is 20.0. The Bertz CT molecular complexity index is 1700. The van der Waals surface area contributed by atoms with Crippen molar-refractivity contribution in [2.75, 3.05) is 24.3 Å². The van der Waals surface area contributed by atoms with Gasteiger partial charge in [0.15, 0.2) is 22.6 Å². The largest absolute Gasteiger partial charge is 0.490 e. The number of nitrogens with two attached hydrogens (primary N) is 1. The van der Waals surface area contributed by atoms with E-state index in [9.17, 15) is 28.3 Å². The summed E-state index contributed by atoms with van der Waals surface area (Å²) in [6.45, 7) is 0.211. The Morgan fingerprint density at radius 3 is 2.58 bits per heavy atom. The summed E-state index contributed by atoms with van der Waals surface area (Å²) in [6, 6.07) is 1.56. The van der Waals surface area contributed by atoms with Crippen LogP contribution in [0.5, 0.6) is 0 Å². The van der Waals surface area contributed by atoms with Gasteiger partial charge in [0, 0.05) is 11.8 Å². The molecule has 0 bridgehead atoms. The molecule has 0 aliphatic carbocycles. The third-order valence-corrected chi connectivity index (χ3v) is 10.00. The van der Waals surface area contributed by atoms with Gasteiger partial charge in [-0.25, -0.2) is 23.7 Å². The molecule has 6 atom stereocenters. The standard InChI is InChI=1S/C16H22IN8O14P3S/c1-6-2-8(24-23-6)20-9(26)4-34-11-7(3-35-41(30,31)39-42(32,33)38-40(27,28)29)36-15(12(11)37-17)25-5-19-10-13(25)21-16(18)22-14(10)43/h2,5,7,11-12,15H,3-4H2,1H3,(H,30,31)(H,32,33)(H2,27,28,29)(H3,18,21,22,43)(H2,20,23,24,26). The van der Waals surface area contributed by atoms with Gasteiger partial charge in [0.25, 0.3) is 5.91 Å². The maximum Gasteiger partial charge on any atom is 0.490 e. The highest BCUT2D eigenvalue weighted by Gasteiger charge is 2.50. The first-order valence-electron chi connectivity index (χ1n) is 11.3. The van der Waals surface area contributed by atoms with E-state index in [0.29, 0.717) is 5.69 Å². The van der Waals surface area contributed by atoms with Crippen LogP contribution in [0.25, 0.3) is 11.2 Å². The second kappa shape index (κ2) is 13.3. The number of rotatable bonds is 13. The van der Waals surface area contributed by atoms with Gasteiger partial charge in [-0.2, -0.15) is 13.7 Å². The van der Waals surface area contributed by atoms with Gasteiger partial charge in [-0.05, 0) is 6.92 Å². The van der Waals surface area contributed by atoms with Crippen LogP contribution in [0.3, 0.4) is 0 Å². The zero-order chi connectivity index (χ0) is 31.7. The minimum atomic E-state index is -5.78. The Morgan fingerprint density at radius 2 is 1.95 bits per heavy atom. The first kappa shape index (κ1) is 34.1. The summed E-state index contributed by atoms with van der Waals surface area (Å²) < 4.78 is 65.9. The molecule has 238 valence electrons. The quantitative estimate of drug-likeness (QED) is 0.0681. The number of aryl methyl sites for hydroxylation is 1. The zero-order valence-electron chi connectivity index (χ0n) is 21.2. The number of H-pyrrole nitrogens is 2. The van der Waals surface area contributed by atoms with Gasteiger partial charge in [-0.1, -0.05) is 12.2 Å². The molecule has 4 rings (SSSR count). The highest BCUT2D eigenvalue weighted by molar-refractivity contribution is 14.1. The molecule has 1 saturated heterocycles. The van der Waals surface area contributed by atoms with E-state index in [-0.39, 0.29) is 27.6 Å². The van der Waals surface area contributed by atoms with Crippen LogP contribution in [0, 0.1) is 11.6 Å². The smallest absolute Gasteiger partial charge is 0.369 e. The van der Waals surface area contributed by atoms with Gasteiger partial charge in [0.2, 0.25) is 0 Å². The number of carbonyl (C=O) groups excluding carboxylic acids is 1. The van der Waals surface area contributed by atoms with Gasteiger partial charge in [0.1, 0.15) is 59.1 Å². The number of amides is 1. The monoisotopic (exact) mass is 802 g/mol. The Hall–Kier alpha value is -1.73. The molecule has 3 aromatic rings. The lowest BCUT2D eigenvalue weighted by atomic mass is 10.1. The number of aromatic amines is 2. The predicted molar refractivity (Wildman–Crippen MR) is 151 cm³/mol. The lowest BCUT2D eigenvalue weighted by Gasteiger charge is -2.23. The number of anilines is 2. The van der Waals surface area contributed by atoms with Crippen molar-refractivity contribution in [2.45, 2.75) is 31.5 Å². The minimum absolute atomic E-state index is 0.0496. The van der Waals surface area contributed by atoms with Crippen molar-refractivity contribution in [1.82, 2.24) is 29.7 Å². The first-order valence-corrected chi connectivity index (χ1v) is 17.1. The number of hydrogen-bond donors (Lipinski definition) is 8. The van der Waals surface area contributed by atoms with Crippen LogP contribution in [0.2, 0.25) is 0 Å². The number of carbonyl (C=O) groups is 1. The lowest BCUT2D eigenvalue weighted by molar-refractivity contribution is -0.125. The number of hydrogen-bond acceptors (Lipinski definition) is 15. The molecule has 1 aliphatic heterocycles. The third kappa shape index (κ3) is 8.93. The number of nitrogen functional groups attached to an aromatic ring is 1. The van der Waals surface area contributed by atoms with Gasteiger partial charge in [-0.15, -0.1) is 0 Å². The number of phosphoric ester groups is 1. The Labute approximate surface area is 258 Å². The van der Waals surface area contributed by atoms with Gasteiger partial charge in [0.05, 0.1) is 12.9 Å². The van der Waals surface area contributed by atoms with Crippen LogP contribution in [-0.2, 0) is 44.2 Å². The Kier molecular flexibility index (Phi) is 10.6. The van der Waals surface area contributed by atoms with E-state index in [4.69, 9.17) is 44.8 Å². The van der Waals surface area contributed by atoms with E-state index in [1.54, 1.807) is 13.0 Å². The molecule has 3 aromatic heterocycles. The minimum Gasteiger partial charge on any atom is -0.369 e. The van der Waals surface area contributed by atoms with E-state index >= 15 is 0 Å². The fraction of sp³-hybridized carbons (Fsp3) is 0.438. The second-order valence-electron chi connectivity index (χ2n) is 8.54. The average molecular weight is 802 g/mol. The van der Waals surface area contributed by atoms with Crippen molar-refractivity contribution in [3.8, 4) is 0 Å². The fourth-order valence-corrected chi connectivity index (χ4v) is 7.63. The van der Waals surface area contributed by atoms with Gasteiger partial charge >= 0.3 is 23.5 Å². The molecule has 4 heterocycles. The molecule has 27 heteroatoms. The number of fused-ring (bicyclic) bond motifs is 1. The van der Waals surface area contributed by atoms with Crippen LogP contribution in [0.4, 0.5) is 11.8 Å². The number of phosphoric acid groups is 3. The number of ether oxygens (including phenoxy) is 2. The molecule has 43 heavy (non-hydrogen) atoms. The van der Waals surface area contributed by atoms with Gasteiger partial charge < -0.3 is 48.1 Å². The molecule has 1 amide bonds. The molecule has 0 spiro atoms. The summed E-state index contributed by atoms with van der Waals surface area (Å²) >= 11 is 6.72. The number of nitrogens with one attached hydrogen (secondary N) is 3. The molecular formula is C16H22IN8O14P3S. The highest BCUT2D eigenvalue weighted by atomic mass is 127. The van der Waals surface area contributed by atoms with E-state index in [1.165, 1.54) is 33.9 Å². The lowest BCUT2D eigenvalue weighted by Crippen LogP contribution is -2.39. The van der Waals surface area contributed by atoms with Crippen LogP contribution < -0.4 is 11.1 Å². The molecule has 22 nitrogen and oxygen atoms in total. The van der Waals surface area contributed by atoms with Crippen molar-refractivity contribution in [1.29, 1.82) is 0 Å². The van der Waals surface area contributed by atoms with E-state index in [1.807, 2.05) is 0 Å². The van der Waals surface area contributed by atoms with Crippen molar-refractivity contribution in [3.05, 3.63) is 22.7 Å². The average Bonchev–Trinajstić information content (AvgIpc) is 3.55. The summed E-state index contributed by atoms with van der Waals surface area (Å²) in [7, 11) is -16.9. The second-order valence-corrected chi connectivity index (χ2v) is 13.9. The molecule has 9 N–H and O–H groups in total. The topological polar surface area (TPSA) is 318 Å². The van der Waals surface area contributed by atoms with Crippen molar-refractivity contribution in [2.24, 2.45) is 0 Å². The molecule has 0 aromatic carbocycles. The fourth-order valence-electron chi connectivity index (χ4n) is 3.81. The van der Waals surface area contributed by atoms with E-state index in [2.05, 4.69) is 39.1 Å². The van der Waals surface area contributed by atoms with Gasteiger partial charge in [-0.3, -0.25) is 19.0 Å². The summed E-state index contributed by atoms with van der Waals surface area (Å²) in [4.78, 5) is 60.2. The molecule has 6 unspecified atom stereocenters. The normalized spacial score (nSPS) is 23.7. The van der Waals surface area contributed by atoms with Crippen LogP contribution >= 0.6 is 58.7 Å². The Morgan fingerprint density at radius 1 is 1.23 bits per heavy atom. The number of nitrogens with zero attached hydrogens (tertiary/aromatic N) is 4. The van der Waals surface area contributed by atoms with Crippen LogP contribution in [0.1, 0.15) is 11.9 Å². The molecule has 1 fully saturated rings. The van der Waals surface area contributed by atoms with E-state index in [0.717, 1.165) is 0 Å². The summed E-state index contributed by atoms with van der Waals surface area (Å²) in [5.41, 5.74) is 6.95. The Balaban J connectivity index is 1.57. The van der Waals surface area contributed by atoms with Crippen LogP contribution in [-0.4, -0.2) is 86.7 Å². The van der Waals surface area contributed by atoms with E-state index < -0.39 is 67.1 Å². The molecule has 1 aliphatic rings. The van der Waals surface area contributed by atoms with Crippen molar-refractivity contribution >= 4 is 87.5 Å². The van der Waals surface area contributed by atoms with Crippen molar-refractivity contribution < 1.29 is 63.7 Å².